The van der Waals surface area contributed by atoms with Crippen LogP contribution in [0.15, 0.2) is 79.3 Å². The van der Waals surface area contributed by atoms with Crippen molar-refractivity contribution in [3.63, 3.8) is 0 Å². The van der Waals surface area contributed by atoms with Crippen LogP contribution < -0.4 is 16.3 Å². The molecule has 0 aliphatic carbocycles. The Kier molecular flexibility index (Phi) is 5.68. The molecule has 0 bridgehead atoms. The van der Waals surface area contributed by atoms with Gasteiger partial charge < -0.3 is 4.42 Å². The average molecular weight is 505 g/mol. The molecule has 164 valence electrons. The van der Waals surface area contributed by atoms with E-state index in [2.05, 4.69) is 57.6 Å². The van der Waals surface area contributed by atoms with Gasteiger partial charge in [-0.15, -0.1) is 0 Å². The fraction of sp³-hybridized carbons (Fsp3) is 0.0455. The molecule has 5 aromatic rings. The summed E-state index contributed by atoms with van der Waals surface area (Å²) >= 11 is 3.43. The SMILES string of the molecule is Cc1ccc(NNc2nc3nonc3nc2N/N=C/c2ccc(-c3ccc(Br)cc3)o2)cc1. The van der Waals surface area contributed by atoms with Crippen molar-refractivity contribution in [1.29, 1.82) is 0 Å². The maximum absolute atomic E-state index is 5.84. The molecule has 0 aliphatic rings. The van der Waals surface area contributed by atoms with Crippen molar-refractivity contribution in [1.82, 2.24) is 20.3 Å². The lowest BCUT2D eigenvalue weighted by Gasteiger charge is -2.11. The summed E-state index contributed by atoms with van der Waals surface area (Å²) in [6, 6.07) is 19.4. The molecule has 0 unspecified atom stereocenters. The Labute approximate surface area is 196 Å². The van der Waals surface area contributed by atoms with Gasteiger partial charge in [0, 0.05) is 10.0 Å². The smallest absolute Gasteiger partial charge is 0.245 e. The molecule has 0 aliphatic heterocycles. The van der Waals surface area contributed by atoms with Gasteiger partial charge in [0.05, 0.1) is 11.9 Å². The van der Waals surface area contributed by atoms with Crippen molar-refractivity contribution in [2.45, 2.75) is 6.92 Å². The first-order chi connectivity index (χ1) is 16.1. The highest BCUT2D eigenvalue weighted by Crippen LogP contribution is 2.24. The predicted octanol–water partition coefficient (Wildman–Crippen LogP) is 5.23. The highest BCUT2D eigenvalue weighted by Gasteiger charge is 2.12. The van der Waals surface area contributed by atoms with E-state index in [9.17, 15) is 0 Å². The minimum Gasteiger partial charge on any atom is -0.455 e. The molecule has 3 heterocycles. The Morgan fingerprint density at radius 1 is 0.848 bits per heavy atom. The molecule has 0 amide bonds. The van der Waals surface area contributed by atoms with Gasteiger partial charge in [0.25, 0.3) is 0 Å². The number of hydrazine groups is 1. The molecule has 0 radical (unpaired) electrons. The first-order valence-electron chi connectivity index (χ1n) is 9.88. The van der Waals surface area contributed by atoms with Gasteiger partial charge in [0.15, 0.2) is 11.6 Å². The van der Waals surface area contributed by atoms with Crippen LogP contribution in [0.2, 0.25) is 0 Å². The Hall–Kier alpha value is -4.25. The summed E-state index contributed by atoms with van der Waals surface area (Å²) in [5.41, 5.74) is 12.5. The summed E-state index contributed by atoms with van der Waals surface area (Å²) in [6.07, 6.45) is 1.55. The third kappa shape index (κ3) is 4.83. The minimum absolute atomic E-state index is 0.254. The van der Waals surface area contributed by atoms with Gasteiger partial charge in [-0.1, -0.05) is 45.8 Å². The Morgan fingerprint density at radius 2 is 1.58 bits per heavy atom. The van der Waals surface area contributed by atoms with Crippen LogP contribution in [0.25, 0.3) is 22.6 Å². The van der Waals surface area contributed by atoms with Crippen LogP contribution in [0, 0.1) is 6.92 Å². The zero-order valence-electron chi connectivity index (χ0n) is 17.3. The average Bonchev–Trinajstić information content (AvgIpc) is 3.48. The fourth-order valence-corrected chi connectivity index (χ4v) is 3.18. The van der Waals surface area contributed by atoms with E-state index in [0.29, 0.717) is 17.4 Å². The molecular weight excluding hydrogens is 488 g/mol. The number of halogens is 1. The van der Waals surface area contributed by atoms with Crippen LogP contribution in [0.1, 0.15) is 11.3 Å². The molecule has 0 spiro atoms. The Balaban J connectivity index is 1.32. The molecule has 33 heavy (non-hydrogen) atoms. The number of hydrogen-bond acceptors (Lipinski definition) is 10. The van der Waals surface area contributed by atoms with E-state index in [-0.39, 0.29) is 11.3 Å². The highest BCUT2D eigenvalue weighted by molar-refractivity contribution is 9.10. The summed E-state index contributed by atoms with van der Waals surface area (Å²) in [6.45, 7) is 2.02. The number of furan rings is 1. The number of anilines is 3. The highest BCUT2D eigenvalue weighted by atomic mass is 79.9. The molecule has 0 saturated carbocycles. The van der Waals surface area contributed by atoms with Gasteiger partial charge in [-0.3, -0.25) is 16.3 Å². The minimum atomic E-state index is 0.254. The van der Waals surface area contributed by atoms with Gasteiger partial charge in [0.2, 0.25) is 11.3 Å². The van der Waals surface area contributed by atoms with E-state index in [1.54, 1.807) is 6.21 Å². The number of nitrogens with zero attached hydrogens (tertiary/aromatic N) is 5. The predicted molar refractivity (Wildman–Crippen MR) is 129 cm³/mol. The zero-order chi connectivity index (χ0) is 22.6. The van der Waals surface area contributed by atoms with Crippen molar-refractivity contribution >= 4 is 50.8 Å². The third-order valence-corrected chi connectivity index (χ3v) is 5.14. The van der Waals surface area contributed by atoms with E-state index in [4.69, 9.17) is 9.05 Å². The van der Waals surface area contributed by atoms with Crippen molar-refractivity contribution in [3.8, 4) is 11.3 Å². The first-order valence-corrected chi connectivity index (χ1v) is 10.7. The maximum Gasteiger partial charge on any atom is 0.245 e. The molecule has 3 N–H and O–H groups in total. The van der Waals surface area contributed by atoms with Crippen molar-refractivity contribution < 1.29 is 9.05 Å². The second-order valence-electron chi connectivity index (χ2n) is 7.03. The number of fused-ring (bicyclic) bond motifs is 1. The quantitative estimate of drug-likeness (QED) is 0.201. The van der Waals surface area contributed by atoms with Crippen LogP contribution in [0.4, 0.5) is 17.3 Å². The van der Waals surface area contributed by atoms with Crippen LogP contribution in [0.5, 0.6) is 0 Å². The van der Waals surface area contributed by atoms with Gasteiger partial charge in [-0.2, -0.15) is 15.1 Å². The second kappa shape index (κ2) is 9.09. The lowest BCUT2D eigenvalue weighted by Crippen LogP contribution is -2.13. The number of aromatic nitrogens is 4. The molecule has 5 rings (SSSR count). The van der Waals surface area contributed by atoms with Crippen LogP contribution in [0.3, 0.4) is 0 Å². The number of aryl methyl sites for hydroxylation is 1. The van der Waals surface area contributed by atoms with E-state index in [0.717, 1.165) is 27.0 Å². The maximum atomic E-state index is 5.84. The Morgan fingerprint density at radius 3 is 2.33 bits per heavy atom. The monoisotopic (exact) mass is 504 g/mol. The van der Waals surface area contributed by atoms with Crippen molar-refractivity contribution in [2.75, 3.05) is 16.3 Å². The number of nitrogens with one attached hydrogen (secondary N) is 3. The molecule has 11 heteroatoms. The number of benzene rings is 2. The lowest BCUT2D eigenvalue weighted by atomic mass is 10.2. The molecule has 3 aromatic heterocycles. The molecule has 0 fully saturated rings. The van der Waals surface area contributed by atoms with E-state index in [1.165, 1.54) is 0 Å². The summed E-state index contributed by atoms with van der Waals surface area (Å²) in [5, 5.41) is 11.7. The van der Waals surface area contributed by atoms with Crippen molar-refractivity contribution in [2.24, 2.45) is 5.10 Å². The largest absolute Gasteiger partial charge is 0.455 e. The number of rotatable bonds is 7. The van der Waals surface area contributed by atoms with Crippen LogP contribution in [-0.4, -0.2) is 26.5 Å². The van der Waals surface area contributed by atoms with Gasteiger partial charge in [-0.05, 0) is 53.6 Å². The van der Waals surface area contributed by atoms with Gasteiger partial charge >= 0.3 is 0 Å². The standard InChI is InChI=1S/C22H17BrN8O2/c1-13-2-8-16(9-3-13)27-29-20-19(25-21-22(26-20)31-33-30-21)28-24-12-17-10-11-18(32-17)14-4-6-15(23)7-5-14/h2-12,27H,1H3,(H,25,28,30)(H,26,29,31)/b24-12+. The summed E-state index contributed by atoms with van der Waals surface area (Å²) in [4.78, 5) is 8.74. The lowest BCUT2D eigenvalue weighted by molar-refractivity contribution is 0.314. The van der Waals surface area contributed by atoms with Crippen molar-refractivity contribution in [3.05, 3.63) is 76.5 Å². The van der Waals surface area contributed by atoms with E-state index >= 15 is 0 Å². The molecular formula is C22H17BrN8O2. The van der Waals surface area contributed by atoms with Crippen LogP contribution >= 0.6 is 15.9 Å². The normalized spacial score (nSPS) is 11.2. The van der Waals surface area contributed by atoms with Gasteiger partial charge in [0.1, 0.15) is 11.5 Å². The topological polar surface area (TPSA) is 126 Å². The molecule has 10 nitrogen and oxygen atoms in total. The third-order valence-electron chi connectivity index (χ3n) is 4.61. The summed E-state index contributed by atoms with van der Waals surface area (Å²) in [5.74, 6) is 2.01. The molecule has 0 saturated heterocycles. The first kappa shape index (κ1) is 20.6. The van der Waals surface area contributed by atoms with Crippen LogP contribution in [-0.2, 0) is 0 Å². The Bertz CT molecular complexity index is 1410. The molecule has 2 aromatic carbocycles. The van der Waals surface area contributed by atoms with E-state index < -0.39 is 0 Å². The summed E-state index contributed by atoms with van der Waals surface area (Å²) in [7, 11) is 0. The summed E-state index contributed by atoms with van der Waals surface area (Å²) < 4.78 is 11.6. The van der Waals surface area contributed by atoms with Gasteiger partial charge in [-0.25, -0.2) is 4.63 Å². The number of hydrogen-bond donors (Lipinski definition) is 3. The second-order valence-corrected chi connectivity index (χ2v) is 7.94. The zero-order valence-corrected chi connectivity index (χ0v) is 18.9. The van der Waals surface area contributed by atoms with E-state index in [1.807, 2.05) is 67.6 Å². The molecule has 0 atom stereocenters. The fourth-order valence-electron chi connectivity index (χ4n) is 2.92. The number of hydrazone groups is 1.